The maximum absolute atomic E-state index is 10.8. The van der Waals surface area contributed by atoms with Crippen LogP contribution in [0.1, 0.15) is 18.3 Å². The number of hydrogen-bond donors (Lipinski definition) is 2. The molecule has 2 aromatic heterocycles. The van der Waals surface area contributed by atoms with Crippen LogP contribution in [-0.2, 0) is 11.3 Å². The normalized spacial score (nSPS) is 10.6. The summed E-state index contributed by atoms with van der Waals surface area (Å²) < 4.78 is 1.81. The molecular formula is C10H13N5O. The molecule has 84 valence electrons. The Bertz CT molecular complexity index is 545. The third kappa shape index (κ3) is 1.95. The molecular weight excluding hydrogens is 206 g/mol. The number of amides is 1. The molecule has 0 aromatic carbocycles. The molecule has 6 heteroatoms. The van der Waals surface area contributed by atoms with Crippen molar-refractivity contribution in [3.8, 4) is 0 Å². The summed E-state index contributed by atoms with van der Waals surface area (Å²) in [6, 6.07) is 0. The predicted molar refractivity (Wildman–Crippen MR) is 59.7 cm³/mol. The number of aromatic nitrogens is 3. The summed E-state index contributed by atoms with van der Waals surface area (Å²) in [5.41, 5.74) is 7.91. The first-order chi connectivity index (χ1) is 7.56. The van der Waals surface area contributed by atoms with Crippen molar-refractivity contribution in [3.05, 3.63) is 23.8 Å². The number of nitrogen functional groups attached to an aromatic ring is 1. The Morgan fingerprint density at radius 1 is 1.50 bits per heavy atom. The molecule has 0 aliphatic carbocycles. The Morgan fingerprint density at radius 3 is 2.94 bits per heavy atom. The highest BCUT2D eigenvalue weighted by Crippen LogP contribution is 2.10. The van der Waals surface area contributed by atoms with Crippen molar-refractivity contribution in [2.24, 2.45) is 0 Å². The van der Waals surface area contributed by atoms with Crippen molar-refractivity contribution in [2.75, 3.05) is 5.73 Å². The predicted octanol–water partition coefficient (Wildman–Crippen LogP) is 0.256. The van der Waals surface area contributed by atoms with Crippen LogP contribution >= 0.6 is 0 Å². The number of aryl methyl sites for hydroxylation is 1. The first kappa shape index (κ1) is 10.4. The molecule has 16 heavy (non-hydrogen) atoms. The van der Waals surface area contributed by atoms with E-state index < -0.39 is 0 Å². The molecule has 0 saturated carbocycles. The summed E-state index contributed by atoms with van der Waals surface area (Å²) in [5, 5.41) is 2.69. The van der Waals surface area contributed by atoms with Crippen LogP contribution in [0.15, 0.2) is 12.4 Å². The van der Waals surface area contributed by atoms with E-state index in [-0.39, 0.29) is 5.91 Å². The quantitative estimate of drug-likeness (QED) is 0.758. The van der Waals surface area contributed by atoms with Crippen molar-refractivity contribution < 1.29 is 4.79 Å². The van der Waals surface area contributed by atoms with Gasteiger partial charge in [-0.3, -0.25) is 9.78 Å². The van der Waals surface area contributed by atoms with E-state index in [0.717, 1.165) is 17.0 Å². The minimum atomic E-state index is -0.0790. The second-order valence-electron chi connectivity index (χ2n) is 3.62. The van der Waals surface area contributed by atoms with E-state index in [0.29, 0.717) is 12.4 Å². The fourth-order valence-electron chi connectivity index (χ4n) is 1.53. The molecule has 0 fully saturated rings. The van der Waals surface area contributed by atoms with Crippen LogP contribution in [0.2, 0.25) is 0 Å². The standard InChI is InChI=1S/C10H13N5O/c1-6-10-14-9(11)5-15(10)4-8(13-6)3-12-7(2)16/h4-5H,3,11H2,1-2H3,(H,12,16). The summed E-state index contributed by atoms with van der Waals surface area (Å²) in [5.74, 6) is 0.381. The highest BCUT2D eigenvalue weighted by Gasteiger charge is 2.05. The third-order valence-corrected chi connectivity index (χ3v) is 2.19. The van der Waals surface area contributed by atoms with Crippen LogP contribution in [0.3, 0.4) is 0 Å². The molecule has 0 radical (unpaired) electrons. The number of rotatable bonds is 2. The molecule has 2 rings (SSSR count). The van der Waals surface area contributed by atoms with Crippen LogP contribution in [0, 0.1) is 6.92 Å². The Kier molecular flexibility index (Phi) is 2.47. The van der Waals surface area contributed by atoms with Gasteiger partial charge >= 0.3 is 0 Å². The Hall–Kier alpha value is -2.11. The zero-order valence-electron chi connectivity index (χ0n) is 9.19. The van der Waals surface area contributed by atoms with E-state index in [1.54, 1.807) is 6.20 Å². The fourth-order valence-corrected chi connectivity index (χ4v) is 1.53. The lowest BCUT2D eigenvalue weighted by atomic mass is 10.4. The number of carbonyl (C=O) groups excluding carboxylic acids is 1. The summed E-state index contributed by atoms with van der Waals surface area (Å²) in [4.78, 5) is 19.3. The Labute approximate surface area is 92.5 Å². The second-order valence-corrected chi connectivity index (χ2v) is 3.62. The van der Waals surface area contributed by atoms with E-state index in [4.69, 9.17) is 5.73 Å². The van der Waals surface area contributed by atoms with Gasteiger partial charge in [-0.15, -0.1) is 0 Å². The van der Waals surface area contributed by atoms with Gasteiger partial charge in [0.1, 0.15) is 5.82 Å². The highest BCUT2D eigenvalue weighted by atomic mass is 16.1. The lowest BCUT2D eigenvalue weighted by molar-refractivity contribution is -0.119. The average Bonchev–Trinajstić information content (AvgIpc) is 2.56. The van der Waals surface area contributed by atoms with Gasteiger partial charge in [-0.2, -0.15) is 0 Å². The minimum Gasteiger partial charge on any atom is -0.382 e. The van der Waals surface area contributed by atoms with Gasteiger partial charge in [0.05, 0.1) is 24.1 Å². The molecule has 3 N–H and O–H groups in total. The molecule has 0 aliphatic heterocycles. The van der Waals surface area contributed by atoms with Crippen molar-refractivity contribution in [1.29, 1.82) is 0 Å². The highest BCUT2D eigenvalue weighted by molar-refractivity contribution is 5.72. The monoisotopic (exact) mass is 219 g/mol. The smallest absolute Gasteiger partial charge is 0.217 e. The van der Waals surface area contributed by atoms with Gasteiger partial charge in [-0.25, -0.2) is 4.98 Å². The fraction of sp³-hybridized carbons (Fsp3) is 0.300. The first-order valence-electron chi connectivity index (χ1n) is 4.91. The SMILES string of the molecule is CC(=O)NCc1cn2cc(N)nc2c(C)n1. The zero-order valence-corrected chi connectivity index (χ0v) is 9.19. The lowest BCUT2D eigenvalue weighted by Gasteiger charge is -2.04. The van der Waals surface area contributed by atoms with Gasteiger partial charge in [-0.05, 0) is 6.92 Å². The topological polar surface area (TPSA) is 85.3 Å². The molecule has 0 spiro atoms. The van der Waals surface area contributed by atoms with E-state index in [2.05, 4.69) is 15.3 Å². The van der Waals surface area contributed by atoms with Gasteiger partial charge in [0, 0.05) is 13.1 Å². The molecule has 2 heterocycles. The molecule has 1 amide bonds. The molecule has 0 aliphatic rings. The molecule has 6 nitrogen and oxygen atoms in total. The number of anilines is 1. The molecule has 2 aromatic rings. The molecule has 0 unspecified atom stereocenters. The van der Waals surface area contributed by atoms with Crippen LogP contribution in [0.4, 0.5) is 5.82 Å². The van der Waals surface area contributed by atoms with E-state index >= 15 is 0 Å². The summed E-state index contributed by atoms with van der Waals surface area (Å²) in [7, 11) is 0. The lowest BCUT2D eigenvalue weighted by Crippen LogP contribution is -2.20. The maximum atomic E-state index is 10.8. The Morgan fingerprint density at radius 2 is 2.25 bits per heavy atom. The van der Waals surface area contributed by atoms with E-state index in [1.165, 1.54) is 6.92 Å². The van der Waals surface area contributed by atoms with Crippen molar-refractivity contribution in [3.63, 3.8) is 0 Å². The zero-order chi connectivity index (χ0) is 11.7. The van der Waals surface area contributed by atoms with Gasteiger partial charge in [0.15, 0.2) is 5.65 Å². The average molecular weight is 219 g/mol. The number of nitrogens with one attached hydrogen (secondary N) is 1. The van der Waals surface area contributed by atoms with E-state index in [9.17, 15) is 4.79 Å². The first-order valence-corrected chi connectivity index (χ1v) is 4.91. The Balaban J connectivity index is 2.37. The second kappa shape index (κ2) is 3.80. The third-order valence-electron chi connectivity index (χ3n) is 2.19. The molecule has 0 saturated heterocycles. The van der Waals surface area contributed by atoms with Crippen molar-refractivity contribution in [1.82, 2.24) is 19.7 Å². The number of carbonyl (C=O) groups is 1. The summed E-state index contributed by atoms with van der Waals surface area (Å²) in [6.07, 6.45) is 3.53. The molecule has 0 bridgehead atoms. The van der Waals surface area contributed by atoms with Crippen LogP contribution < -0.4 is 11.1 Å². The van der Waals surface area contributed by atoms with Gasteiger partial charge in [-0.1, -0.05) is 0 Å². The maximum Gasteiger partial charge on any atom is 0.217 e. The summed E-state index contributed by atoms with van der Waals surface area (Å²) in [6.45, 7) is 3.74. The number of imidazole rings is 1. The number of fused-ring (bicyclic) bond motifs is 1. The van der Waals surface area contributed by atoms with Crippen molar-refractivity contribution in [2.45, 2.75) is 20.4 Å². The molecule has 0 atom stereocenters. The van der Waals surface area contributed by atoms with E-state index in [1.807, 2.05) is 17.5 Å². The largest absolute Gasteiger partial charge is 0.382 e. The van der Waals surface area contributed by atoms with Crippen molar-refractivity contribution >= 4 is 17.4 Å². The van der Waals surface area contributed by atoms with Gasteiger partial charge < -0.3 is 15.5 Å². The number of nitrogens with zero attached hydrogens (tertiary/aromatic N) is 3. The minimum absolute atomic E-state index is 0.0790. The van der Waals surface area contributed by atoms with Crippen LogP contribution in [-0.4, -0.2) is 20.3 Å². The number of hydrogen-bond acceptors (Lipinski definition) is 4. The van der Waals surface area contributed by atoms with Gasteiger partial charge in [0.25, 0.3) is 0 Å². The summed E-state index contributed by atoms with van der Waals surface area (Å²) >= 11 is 0. The van der Waals surface area contributed by atoms with Gasteiger partial charge in [0.2, 0.25) is 5.91 Å². The van der Waals surface area contributed by atoms with Crippen LogP contribution in [0.25, 0.3) is 5.65 Å². The number of nitrogens with two attached hydrogens (primary N) is 1. The van der Waals surface area contributed by atoms with Crippen LogP contribution in [0.5, 0.6) is 0 Å².